The fourth-order valence-electron chi connectivity index (χ4n) is 1.99. The number of ether oxygens (including phenoxy) is 1. The number of amidine groups is 1. The van der Waals surface area contributed by atoms with Crippen molar-refractivity contribution in [1.29, 1.82) is 5.41 Å². The van der Waals surface area contributed by atoms with Crippen molar-refractivity contribution in [2.75, 3.05) is 7.11 Å². The van der Waals surface area contributed by atoms with E-state index < -0.39 is 0 Å². The fourth-order valence-corrected chi connectivity index (χ4v) is 2.68. The van der Waals surface area contributed by atoms with Gasteiger partial charge in [-0.25, -0.2) is 0 Å². The maximum Gasteiger partial charge on any atom is 0.264 e. The number of carbonyl (C=O) groups excluding carboxylic acids is 1. The molecular formula is C15H12N2O3S. The summed E-state index contributed by atoms with van der Waals surface area (Å²) in [5.74, 6) is 1.67. The molecule has 0 radical (unpaired) electrons. The van der Waals surface area contributed by atoms with Gasteiger partial charge in [0.1, 0.15) is 17.3 Å². The summed E-state index contributed by atoms with van der Waals surface area (Å²) >= 11 is 1.08. The maximum absolute atomic E-state index is 11.6. The Hall–Kier alpha value is -2.47. The normalized spacial score (nSPS) is 16.3. The highest BCUT2D eigenvalue weighted by Crippen LogP contribution is 2.32. The van der Waals surface area contributed by atoms with Crippen molar-refractivity contribution in [1.82, 2.24) is 5.32 Å². The van der Waals surface area contributed by atoms with Gasteiger partial charge in [0.25, 0.3) is 5.91 Å². The molecule has 0 saturated carbocycles. The fraction of sp³-hybridized carbons (Fsp3) is 0.0667. The van der Waals surface area contributed by atoms with Crippen LogP contribution in [-0.2, 0) is 4.79 Å². The van der Waals surface area contributed by atoms with E-state index in [0.29, 0.717) is 16.4 Å². The Morgan fingerprint density at radius 2 is 2.10 bits per heavy atom. The van der Waals surface area contributed by atoms with Crippen LogP contribution in [0, 0.1) is 5.41 Å². The van der Waals surface area contributed by atoms with Gasteiger partial charge in [-0.1, -0.05) is 12.1 Å². The number of hydrogen-bond acceptors (Lipinski definition) is 5. The lowest BCUT2D eigenvalue weighted by Crippen LogP contribution is -2.18. The summed E-state index contributed by atoms with van der Waals surface area (Å²) in [5.41, 5.74) is 0.848. The van der Waals surface area contributed by atoms with Crippen molar-refractivity contribution in [3.05, 3.63) is 47.1 Å². The molecule has 1 saturated heterocycles. The van der Waals surface area contributed by atoms with E-state index >= 15 is 0 Å². The number of para-hydroxylation sites is 1. The Kier molecular flexibility index (Phi) is 3.53. The third-order valence-electron chi connectivity index (χ3n) is 2.94. The third kappa shape index (κ3) is 2.71. The van der Waals surface area contributed by atoms with Crippen LogP contribution in [0.15, 0.2) is 45.7 Å². The molecular weight excluding hydrogens is 288 g/mol. The van der Waals surface area contributed by atoms with Crippen LogP contribution in [-0.4, -0.2) is 18.2 Å². The first-order valence-corrected chi connectivity index (χ1v) is 7.01. The molecule has 0 atom stereocenters. The summed E-state index contributed by atoms with van der Waals surface area (Å²) in [7, 11) is 1.61. The van der Waals surface area contributed by atoms with Gasteiger partial charge in [-0.3, -0.25) is 10.2 Å². The molecule has 0 bridgehead atoms. The number of benzene rings is 1. The van der Waals surface area contributed by atoms with E-state index in [1.54, 1.807) is 19.3 Å². The first kappa shape index (κ1) is 13.5. The average Bonchev–Trinajstić information content (AvgIpc) is 3.06. The molecule has 1 aliphatic heterocycles. The van der Waals surface area contributed by atoms with Gasteiger partial charge in [-0.05, 0) is 36.0 Å². The third-order valence-corrected chi connectivity index (χ3v) is 3.76. The van der Waals surface area contributed by atoms with Gasteiger partial charge < -0.3 is 14.5 Å². The molecule has 1 aromatic carbocycles. The standard InChI is InChI=1S/C15H12N2O3S/c1-19-11-5-3-2-4-10(11)12-7-6-9(20-12)8-13-14(18)17-15(16)21-13/h2-8H,1H3,(H2,16,17,18)/b13-8+. The Bertz CT molecular complexity index is 749. The van der Waals surface area contributed by atoms with Crippen molar-refractivity contribution in [3.8, 4) is 17.1 Å². The Labute approximate surface area is 125 Å². The number of methoxy groups -OCH3 is 1. The lowest BCUT2D eigenvalue weighted by Gasteiger charge is -2.04. The SMILES string of the molecule is COc1ccccc1-c1ccc(/C=C2/SC(=N)NC2=O)o1. The predicted molar refractivity (Wildman–Crippen MR) is 82.1 cm³/mol. The summed E-state index contributed by atoms with van der Waals surface area (Å²) < 4.78 is 11.0. The van der Waals surface area contributed by atoms with Crippen LogP contribution in [0.25, 0.3) is 17.4 Å². The molecule has 106 valence electrons. The molecule has 1 aliphatic rings. The van der Waals surface area contributed by atoms with Crippen LogP contribution < -0.4 is 10.1 Å². The molecule has 2 aromatic rings. The molecule has 1 aromatic heterocycles. The number of hydrogen-bond donors (Lipinski definition) is 2. The highest BCUT2D eigenvalue weighted by Gasteiger charge is 2.22. The van der Waals surface area contributed by atoms with Gasteiger partial charge in [-0.2, -0.15) is 0 Å². The first-order valence-electron chi connectivity index (χ1n) is 6.20. The molecule has 1 fully saturated rings. The van der Waals surface area contributed by atoms with Crippen molar-refractivity contribution < 1.29 is 13.9 Å². The molecule has 5 nitrogen and oxygen atoms in total. The van der Waals surface area contributed by atoms with Gasteiger partial charge in [0.15, 0.2) is 5.17 Å². The molecule has 6 heteroatoms. The summed E-state index contributed by atoms with van der Waals surface area (Å²) in [6, 6.07) is 11.2. The maximum atomic E-state index is 11.6. The summed E-state index contributed by atoms with van der Waals surface area (Å²) in [4.78, 5) is 12.0. The molecule has 1 amide bonds. The smallest absolute Gasteiger partial charge is 0.264 e. The van der Waals surface area contributed by atoms with Gasteiger partial charge in [0.05, 0.1) is 17.6 Å². The Morgan fingerprint density at radius 1 is 1.29 bits per heavy atom. The van der Waals surface area contributed by atoms with Crippen molar-refractivity contribution >= 4 is 28.9 Å². The molecule has 2 heterocycles. The lowest BCUT2D eigenvalue weighted by atomic mass is 10.1. The number of thioether (sulfide) groups is 1. The van der Waals surface area contributed by atoms with E-state index in [2.05, 4.69) is 5.32 Å². The van der Waals surface area contributed by atoms with Crippen molar-refractivity contribution in [2.24, 2.45) is 0 Å². The average molecular weight is 300 g/mol. The molecule has 0 aliphatic carbocycles. The number of rotatable bonds is 3. The quantitative estimate of drug-likeness (QED) is 0.854. The van der Waals surface area contributed by atoms with Gasteiger partial charge in [0.2, 0.25) is 0 Å². The second-order valence-corrected chi connectivity index (χ2v) is 5.35. The van der Waals surface area contributed by atoms with Gasteiger partial charge in [0, 0.05) is 6.08 Å². The van der Waals surface area contributed by atoms with E-state index in [4.69, 9.17) is 14.6 Å². The first-order chi connectivity index (χ1) is 10.2. The molecule has 0 spiro atoms. The molecule has 3 rings (SSSR count). The van der Waals surface area contributed by atoms with Crippen LogP contribution in [0.1, 0.15) is 5.76 Å². The Balaban J connectivity index is 1.92. The largest absolute Gasteiger partial charge is 0.496 e. The predicted octanol–water partition coefficient (Wildman–Crippen LogP) is 3.09. The van der Waals surface area contributed by atoms with Gasteiger partial charge in [-0.15, -0.1) is 0 Å². The van der Waals surface area contributed by atoms with Crippen LogP contribution in [0.5, 0.6) is 5.75 Å². The second kappa shape index (κ2) is 5.49. The number of amides is 1. The van der Waals surface area contributed by atoms with Crippen LogP contribution in [0.3, 0.4) is 0 Å². The van der Waals surface area contributed by atoms with E-state index in [1.807, 2.05) is 30.3 Å². The highest BCUT2D eigenvalue weighted by atomic mass is 32.2. The summed E-state index contributed by atoms with van der Waals surface area (Å²) in [5, 5.41) is 9.96. The van der Waals surface area contributed by atoms with E-state index in [-0.39, 0.29) is 11.1 Å². The molecule has 21 heavy (non-hydrogen) atoms. The minimum absolute atomic E-state index is 0.128. The van der Waals surface area contributed by atoms with Gasteiger partial charge >= 0.3 is 0 Å². The van der Waals surface area contributed by atoms with E-state index in [0.717, 1.165) is 23.1 Å². The number of nitrogens with one attached hydrogen (secondary N) is 2. The van der Waals surface area contributed by atoms with E-state index in [1.165, 1.54) is 0 Å². The highest BCUT2D eigenvalue weighted by molar-refractivity contribution is 8.18. The topological polar surface area (TPSA) is 75.3 Å². The molecule has 2 N–H and O–H groups in total. The second-order valence-electron chi connectivity index (χ2n) is 4.30. The van der Waals surface area contributed by atoms with E-state index in [9.17, 15) is 4.79 Å². The monoisotopic (exact) mass is 300 g/mol. The zero-order valence-electron chi connectivity index (χ0n) is 11.2. The number of furan rings is 1. The van der Waals surface area contributed by atoms with Crippen molar-refractivity contribution in [3.63, 3.8) is 0 Å². The summed E-state index contributed by atoms with van der Waals surface area (Å²) in [6.07, 6.45) is 1.63. The van der Waals surface area contributed by atoms with Crippen LogP contribution >= 0.6 is 11.8 Å². The van der Waals surface area contributed by atoms with Crippen LogP contribution in [0.4, 0.5) is 0 Å². The lowest BCUT2D eigenvalue weighted by molar-refractivity contribution is -0.115. The molecule has 0 unspecified atom stereocenters. The summed E-state index contributed by atoms with van der Waals surface area (Å²) in [6.45, 7) is 0. The van der Waals surface area contributed by atoms with Crippen LogP contribution in [0.2, 0.25) is 0 Å². The number of carbonyl (C=O) groups is 1. The minimum Gasteiger partial charge on any atom is -0.496 e. The van der Waals surface area contributed by atoms with Crippen molar-refractivity contribution in [2.45, 2.75) is 0 Å². The Morgan fingerprint density at radius 3 is 2.81 bits per heavy atom. The minimum atomic E-state index is -0.278. The zero-order chi connectivity index (χ0) is 14.8. The zero-order valence-corrected chi connectivity index (χ0v) is 12.0.